The molecule has 0 amide bonds. The zero-order valence-corrected chi connectivity index (χ0v) is 14.1. The van der Waals surface area contributed by atoms with Crippen LogP contribution in [0.3, 0.4) is 0 Å². The van der Waals surface area contributed by atoms with Crippen molar-refractivity contribution in [1.82, 2.24) is 5.32 Å². The summed E-state index contributed by atoms with van der Waals surface area (Å²) in [6.07, 6.45) is 0. The summed E-state index contributed by atoms with van der Waals surface area (Å²) in [5.74, 6) is 0.343. The first kappa shape index (κ1) is 17.6. The van der Waals surface area contributed by atoms with E-state index < -0.39 is 0 Å². The lowest BCUT2D eigenvalue weighted by atomic mass is 10.1. The Morgan fingerprint density at radius 1 is 1.30 bits per heavy atom. The van der Waals surface area contributed by atoms with Gasteiger partial charge in [-0.25, -0.2) is 4.79 Å². The number of nitrogens with one attached hydrogen (secondary N) is 1. The van der Waals surface area contributed by atoms with E-state index in [-0.39, 0.29) is 24.4 Å². The molecule has 1 N–H and O–H groups in total. The first-order valence-corrected chi connectivity index (χ1v) is 7.38. The Hall–Kier alpha value is -1.75. The minimum Gasteiger partial charge on any atom is -0.491 e. The van der Waals surface area contributed by atoms with Gasteiger partial charge in [0.05, 0.1) is 18.7 Å². The Labute approximate surface area is 146 Å². The lowest BCUT2D eigenvalue weighted by molar-refractivity contribution is 0.0600. The van der Waals surface area contributed by atoms with Crippen LogP contribution in [0.1, 0.15) is 27.5 Å². The average Bonchev–Trinajstić information content (AvgIpc) is 2.76. The molecule has 23 heavy (non-hydrogen) atoms. The molecule has 0 radical (unpaired) electrons. The van der Waals surface area contributed by atoms with E-state index in [9.17, 15) is 4.79 Å². The first-order chi connectivity index (χ1) is 10.7. The first-order valence-electron chi connectivity index (χ1n) is 7.00. The molecule has 0 spiro atoms. The molecule has 0 saturated heterocycles. The smallest absolute Gasteiger partial charge is 0.337 e. The van der Waals surface area contributed by atoms with E-state index in [1.54, 1.807) is 12.1 Å². The molecule has 2 aromatic rings. The lowest BCUT2D eigenvalue weighted by Crippen LogP contribution is -2.23. The highest BCUT2D eigenvalue weighted by molar-refractivity contribution is 6.30. The molecule has 0 bridgehead atoms. The Balaban J connectivity index is 0.00000192. The van der Waals surface area contributed by atoms with Gasteiger partial charge in [0.2, 0.25) is 0 Å². The maximum atomic E-state index is 11.6. The monoisotopic (exact) mass is 353 g/mol. The van der Waals surface area contributed by atoms with Crippen molar-refractivity contribution in [3.05, 3.63) is 64.2 Å². The highest BCUT2D eigenvalue weighted by atomic mass is 35.5. The number of rotatable bonds is 2. The maximum absolute atomic E-state index is 11.6. The van der Waals surface area contributed by atoms with E-state index >= 15 is 0 Å². The van der Waals surface area contributed by atoms with Gasteiger partial charge in [-0.3, -0.25) is 0 Å². The van der Waals surface area contributed by atoms with Gasteiger partial charge in [0.15, 0.2) is 0 Å². The van der Waals surface area contributed by atoms with Crippen molar-refractivity contribution in [3.63, 3.8) is 0 Å². The normalized spacial score (nSPS) is 16.3. The second-order valence-corrected chi connectivity index (χ2v) is 5.55. The Morgan fingerprint density at radius 2 is 2.13 bits per heavy atom. The van der Waals surface area contributed by atoms with E-state index in [0.29, 0.717) is 29.5 Å². The Morgan fingerprint density at radius 3 is 2.87 bits per heavy atom. The van der Waals surface area contributed by atoms with Crippen LogP contribution in [0.5, 0.6) is 5.75 Å². The minimum absolute atomic E-state index is 0. The molecule has 0 unspecified atom stereocenters. The van der Waals surface area contributed by atoms with Gasteiger partial charge in [0.1, 0.15) is 12.4 Å². The van der Waals surface area contributed by atoms with Gasteiger partial charge in [-0.15, -0.1) is 12.4 Å². The van der Waals surface area contributed by atoms with Crippen LogP contribution in [-0.4, -0.2) is 19.7 Å². The summed E-state index contributed by atoms with van der Waals surface area (Å²) in [5.41, 5.74) is 2.58. The van der Waals surface area contributed by atoms with Crippen molar-refractivity contribution in [2.24, 2.45) is 0 Å². The molecule has 0 saturated carbocycles. The molecular formula is C17H17Cl2NO3. The minimum atomic E-state index is -0.366. The number of halogens is 2. The molecule has 1 heterocycles. The zero-order chi connectivity index (χ0) is 15.5. The topological polar surface area (TPSA) is 47.6 Å². The number of ether oxygens (including phenoxy) is 2. The number of fused-ring (bicyclic) bond motifs is 1. The highest BCUT2D eigenvalue weighted by Gasteiger charge is 2.19. The molecule has 1 aliphatic rings. The van der Waals surface area contributed by atoms with E-state index in [1.165, 1.54) is 7.11 Å². The molecule has 2 aromatic carbocycles. The van der Waals surface area contributed by atoms with Crippen molar-refractivity contribution >= 4 is 30.0 Å². The van der Waals surface area contributed by atoms with Crippen LogP contribution in [0.25, 0.3) is 0 Å². The summed E-state index contributed by atoms with van der Waals surface area (Å²) in [7, 11) is 1.37. The van der Waals surface area contributed by atoms with Crippen LogP contribution in [0.2, 0.25) is 5.02 Å². The summed E-state index contributed by atoms with van der Waals surface area (Å²) >= 11 is 6.05. The summed E-state index contributed by atoms with van der Waals surface area (Å²) in [6.45, 7) is 1.13. The van der Waals surface area contributed by atoms with Gasteiger partial charge in [0, 0.05) is 17.1 Å². The zero-order valence-electron chi connectivity index (χ0n) is 12.5. The third kappa shape index (κ3) is 3.96. The summed E-state index contributed by atoms with van der Waals surface area (Å²) in [6, 6.07) is 13.1. The Kier molecular flexibility index (Phi) is 5.88. The molecule has 0 fully saturated rings. The van der Waals surface area contributed by atoms with Gasteiger partial charge in [0.25, 0.3) is 0 Å². The van der Waals surface area contributed by atoms with Gasteiger partial charge < -0.3 is 14.8 Å². The van der Waals surface area contributed by atoms with Crippen LogP contribution in [-0.2, 0) is 11.3 Å². The van der Waals surface area contributed by atoms with E-state index in [2.05, 4.69) is 5.32 Å². The predicted molar refractivity (Wildman–Crippen MR) is 91.6 cm³/mol. The van der Waals surface area contributed by atoms with E-state index in [1.807, 2.05) is 30.3 Å². The average molecular weight is 354 g/mol. The molecule has 122 valence electrons. The number of hydrogen-bond donors (Lipinski definition) is 1. The summed E-state index contributed by atoms with van der Waals surface area (Å²) in [5, 5.41) is 4.15. The van der Waals surface area contributed by atoms with Crippen molar-refractivity contribution in [2.45, 2.75) is 12.6 Å². The van der Waals surface area contributed by atoms with Crippen molar-refractivity contribution < 1.29 is 14.3 Å². The maximum Gasteiger partial charge on any atom is 0.337 e. The van der Waals surface area contributed by atoms with Crippen molar-refractivity contribution in [3.8, 4) is 5.75 Å². The quantitative estimate of drug-likeness (QED) is 0.834. The fraction of sp³-hybridized carbons (Fsp3) is 0.235. The fourth-order valence-electron chi connectivity index (χ4n) is 2.48. The number of esters is 1. The van der Waals surface area contributed by atoms with Crippen molar-refractivity contribution in [2.75, 3.05) is 13.7 Å². The molecule has 4 nitrogen and oxygen atoms in total. The van der Waals surface area contributed by atoms with Gasteiger partial charge >= 0.3 is 5.97 Å². The predicted octanol–water partition coefficient (Wildman–Crippen LogP) is 3.77. The lowest BCUT2D eigenvalue weighted by Gasteiger charge is -2.16. The van der Waals surface area contributed by atoms with Crippen LogP contribution in [0.15, 0.2) is 42.5 Å². The van der Waals surface area contributed by atoms with Crippen LogP contribution in [0, 0.1) is 0 Å². The van der Waals surface area contributed by atoms with E-state index in [0.717, 1.165) is 11.1 Å². The van der Waals surface area contributed by atoms with Gasteiger partial charge in [-0.05, 0) is 29.8 Å². The molecule has 3 rings (SSSR count). The third-order valence-corrected chi connectivity index (χ3v) is 3.92. The molecule has 0 aromatic heterocycles. The van der Waals surface area contributed by atoms with E-state index in [4.69, 9.17) is 21.1 Å². The van der Waals surface area contributed by atoms with Crippen LogP contribution in [0.4, 0.5) is 0 Å². The van der Waals surface area contributed by atoms with Crippen molar-refractivity contribution in [1.29, 1.82) is 0 Å². The van der Waals surface area contributed by atoms with Gasteiger partial charge in [-0.1, -0.05) is 29.8 Å². The number of carbonyl (C=O) groups is 1. The molecule has 1 atom stereocenters. The number of carbonyl (C=O) groups excluding carboxylic acids is 1. The summed E-state index contributed by atoms with van der Waals surface area (Å²) < 4.78 is 10.6. The molecular weight excluding hydrogens is 337 g/mol. The van der Waals surface area contributed by atoms with Gasteiger partial charge in [-0.2, -0.15) is 0 Å². The standard InChI is InChI=1S/C17H16ClNO3.ClH/c1-21-17(20)12-5-6-13-9-19-15(10-22-16(13)8-12)11-3-2-4-14(18)7-11;/h2-8,15,19H,9-10H2,1H3;1H/t15-;/m1./s1. The van der Waals surface area contributed by atoms with Crippen LogP contribution >= 0.6 is 24.0 Å². The molecule has 1 aliphatic heterocycles. The SMILES string of the molecule is COC(=O)c1ccc2c(c1)OC[C@H](c1cccc(Cl)c1)NC2.Cl. The Bertz CT molecular complexity index is 706. The third-order valence-electron chi connectivity index (χ3n) is 3.68. The number of hydrogen-bond acceptors (Lipinski definition) is 4. The molecule has 6 heteroatoms. The second-order valence-electron chi connectivity index (χ2n) is 5.11. The highest BCUT2D eigenvalue weighted by Crippen LogP contribution is 2.27. The molecule has 0 aliphatic carbocycles. The largest absolute Gasteiger partial charge is 0.491 e. The number of methoxy groups -OCH3 is 1. The number of benzene rings is 2. The second kappa shape index (κ2) is 7.68. The van der Waals surface area contributed by atoms with Crippen LogP contribution < -0.4 is 10.1 Å². The summed E-state index contributed by atoms with van der Waals surface area (Å²) in [4.78, 5) is 11.6. The fourth-order valence-corrected chi connectivity index (χ4v) is 2.68.